The number of carbonyl (C=O) groups excluding carboxylic acids is 2. The van der Waals surface area contributed by atoms with Crippen LogP contribution in [0.2, 0.25) is 5.02 Å². The fourth-order valence-electron chi connectivity index (χ4n) is 5.47. The highest BCUT2D eigenvalue weighted by atomic mass is 35.5. The molecule has 6 aromatic carbocycles. The van der Waals surface area contributed by atoms with E-state index < -0.39 is 20.2 Å². The van der Waals surface area contributed by atoms with Gasteiger partial charge in [0.05, 0.1) is 20.9 Å². The summed E-state index contributed by atoms with van der Waals surface area (Å²) in [6.07, 6.45) is 1.73. The highest BCUT2D eigenvalue weighted by molar-refractivity contribution is 7.86. The van der Waals surface area contributed by atoms with Crippen molar-refractivity contribution in [2.24, 2.45) is 14.1 Å². The first-order valence-corrected chi connectivity index (χ1v) is 22.0. The third-order valence-corrected chi connectivity index (χ3v) is 12.9. The predicted molar refractivity (Wildman–Crippen MR) is 226 cm³/mol. The van der Waals surface area contributed by atoms with Crippen LogP contribution in [0.15, 0.2) is 155 Å². The van der Waals surface area contributed by atoms with Gasteiger partial charge in [-0.1, -0.05) is 101 Å². The molecular formula is C43H35ClN2O8S4. The van der Waals surface area contributed by atoms with Crippen molar-refractivity contribution in [3.8, 4) is 21.1 Å². The Kier molecular flexibility index (Phi) is 14.6. The molecule has 0 atom stereocenters. The molecule has 0 saturated heterocycles. The average Bonchev–Trinajstić information content (AvgIpc) is 3.73. The van der Waals surface area contributed by atoms with Crippen molar-refractivity contribution in [2.75, 3.05) is 0 Å². The Morgan fingerprint density at radius 2 is 0.914 bits per heavy atom. The van der Waals surface area contributed by atoms with Crippen molar-refractivity contribution in [2.45, 2.75) is 16.7 Å². The lowest BCUT2D eigenvalue weighted by Gasteiger charge is -2.04. The molecule has 0 saturated carbocycles. The summed E-state index contributed by atoms with van der Waals surface area (Å²) in [5, 5.41) is 3.09. The second-order valence-corrected chi connectivity index (χ2v) is 17.8. The van der Waals surface area contributed by atoms with Crippen LogP contribution in [0.1, 0.15) is 26.3 Å². The second-order valence-electron chi connectivity index (χ2n) is 12.5. The third kappa shape index (κ3) is 11.4. The highest BCUT2D eigenvalue weighted by Gasteiger charge is 2.20. The van der Waals surface area contributed by atoms with E-state index in [-0.39, 0.29) is 9.79 Å². The van der Waals surface area contributed by atoms with E-state index in [4.69, 9.17) is 11.6 Å². The number of benzene rings is 6. The van der Waals surface area contributed by atoms with Gasteiger partial charge in [-0.2, -0.15) is 9.13 Å². The monoisotopic (exact) mass is 870 g/mol. The van der Waals surface area contributed by atoms with Crippen molar-refractivity contribution in [1.29, 1.82) is 0 Å². The number of aromatic nitrogens is 2. The first-order chi connectivity index (χ1) is 27.6. The molecule has 0 radical (unpaired) electrons. The van der Waals surface area contributed by atoms with Crippen LogP contribution in [0.4, 0.5) is 0 Å². The lowest BCUT2D eigenvalue weighted by Crippen LogP contribution is -2.28. The van der Waals surface area contributed by atoms with Gasteiger partial charge < -0.3 is 9.11 Å². The third-order valence-electron chi connectivity index (χ3n) is 8.43. The molecule has 0 fully saturated rings. The number of fused-ring (bicyclic) bond motifs is 2. The fourth-order valence-corrected chi connectivity index (χ4v) is 8.88. The normalized spacial score (nSPS) is 11.0. The van der Waals surface area contributed by atoms with Crippen molar-refractivity contribution in [1.82, 2.24) is 0 Å². The van der Waals surface area contributed by atoms with E-state index in [1.165, 1.54) is 74.0 Å². The van der Waals surface area contributed by atoms with Gasteiger partial charge in [0, 0.05) is 28.3 Å². The van der Waals surface area contributed by atoms with Crippen LogP contribution in [0.3, 0.4) is 0 Å². The number of aryl methyl sites for hydroxylation is 3. The summed E-state index contributed by atoms with van der Waals surface area (Å²) < 4.78 is 68.5. The minimum atomic E-state index is -4.25. The standard InChI is InChI=1S/C16H14NOS.C15H11ClNOS.2C6H6O3S/c1-11-3-8-15-14(9-11)17(2)16(19-15)13-6-4-12(10-18)5-7-13;1-17-13-8-12(16)6-7-14(13)19-15(17)11-4-2-10(9-18)3-5-11;2*7-10(8,9)6-4-2-1-3-5-6/h3-10H,1-2H3;2-9H,1H3;2*1-5H,(H,7,8,9)/q2*+1;;/p-2. The number of thiazole rings is 2. The van der Waals surface area contributed by atoms with E-state index in [0.29, 0.717) is 11.1 Å². The molecule has 0 aliphatic rings. The zero-order chi connectivity index (χ0) is 42.0. The quantitative estimate of drug-likeness (QED) is 0.0915. The van der Waals surface area contributed by atoms with E-state index in [1.807, 2.05) is 73.8 Å². The van der Waals surface area contributed by atoms with Crippen molar-refractivity contribution < 1.29 is 44.7 Å². The number of carbonyl (C=O) groups is 2. The number of hydrogen-bond acceptors (Lipinski definition) is 10. The summed E-state index contributed by atoms with van der Waals surface area (Å²) in [6.45, 7) is 2.11. The van der Waals surface area contributed by atoms with Gasteiger partial charge in [-0.3, -0.25) is 9.59 Å². The summed E-state index contributed by atoms with van der Waals surface area (Å²) in [7, 11) is -4.40. The molecule has 296 valence electrons. The largest absolute Gasteiger partial charge is 0.744 e. The fraction of sp³-hybridized carbons (Fsp3) is 0.0698. The molecule has 0 aliphatic carbocycles. The van der Waals surface area contributed by atoms with Crippen LogP contribution in [-0.2, 0) is 34.3 Å². The number of nitrogens with zero attached hydrogens (tertiary/aromatic N) is 2. The van der Waals surface area contributed by atoms with Gasteiger partial charge in [-0.25, -0.2) is 16.8 Å². The van der Waals surface area contributed by atoms with E-state index in [1.54, 1.807) is 34.8 Å². The maximum atomic E-state index is 10.7. The molecule has 8 aromatic rings. The number of halogens is 1. The van der Waals surface area contributed by atoms with Crippen LogP contribution in [0, 0.1) is 6.92 Å². The molecule has 2 heterocycles. The molecule has 8 rings (SSSR count). The Labute approximate surface area is 349 Å². The molecule has 10 nitrogen and oxygen atoms in total. The second kappa shape index (κ2) is 19.3. The molecule has 15 heteroatoms. The Balaban J connectivity index is 0.000000154. The molecule has 0 aliphatic heterocycles. The zero-order valence-electron chi connectivity index (χ0n) is 31.2. The summed E-state index contributed by atoms with van der Waals surface area (Å²) in [5.41, 5.74) is 7.28. The Morgan fingerprint density at radius 3 is 1.28 bits per heavy atom. The first kappa shape index (κ1) is 43.7. The van der Waals surface area contributed by atoms with Gasteiger partial charge in [0.2, 0.25) is 11.0 Å². The van der Waals surface area contributed by atoms with Crippen molar-refractivity contribution in [3.63, 3.8) is 0 Å². The SMILES string of the molecule is C[n+]1c(-c2ccc(C=O)cc2)sc2ccc(Cl)cc21.Cc1ccc2sc(-c3ccc(C=O)cc3)[n+](C)c2c1.O=S(=O)([O-])c1ccccc1.O=S(=O)([O-])c1ccccc1. The first-order valence-electron chi connectivity index (χ1n) is 17.2. The minimum Gasteiger partial charge on any atom is -0.744 e. The Morgan fingerprint density at radius 1 is 0.534 bits per heavy atom. The van der Waals surface area contributed by atoms with E-state index in [0.717, 1.165) is 39.2 Å². The smallest absolute Gasteiger partial charge is 0.269 e. The predicted octanol–water partition coefficient (Wildman–Crippen LogP) is 8.55. The molecular weight excluding hydrogens is 836 g/mol. The molecule has 0 unspecified atom stereocenters. The maximum Gasteiger partial charge on any atom is 0.269 e. The van der Waals surface area contributed by atoms with Crippen LogP contribution in [-0.4, -0.2) is 38.5 Å². The summed E-state index contributed by atoms with van der Waals surface area (Å²) in [5.74, 6) is 0. The van der Waals surface area contributed by atoms with Gasteiger partial charge in [-0.05, 0) is 79.2 Å². The molecule has 58 heavy (non-hydrogen) atoms. The molecule has 0 spiro atoms. The molecule has 0 amide bonds. The van der Waals surface area contributed by atoms with E-state index in [9.17, 15) is 35.5 Å². The molecule has 0 N–H and O–H groups in total. The number of aldehydes is 2. The molecule has 2 aromatic heterocycles. The van der Waals surface area contributed by atoms with Crippen LogP contribution in [0.5, 0.6) is 0 Å². The summed E-state index contributed by atoms with van der Waals surface area (Å²) >= 11 is 9.53. The lowest BCUT2D eigenvalue weighted by molar-refractivity contribution is -0.629. The Bertz CT molecular complexity index is 2700. The topological polar surface area (TPSA) is 156 Å². The highest BCUT2D eigenvalue weighted by Crippen LogP contribution is 2.30. The van der Waals surface area contributed by atoms with E-state index >= 15 is 0 Å². The van der Waals surface area contributed by atoms with Crippen LogP contribution < -0.4 is 9.13 Å². The lowest BCUT2D eigenvalue weighted by atomic mass is 10.1. The maximum absolute atomic E-state index is 10.7. The summed E-state index contributed by atoms with van der Waals surface area (Å²) in [6, 6.07) is 42.1. The van der Waals surface area contributed by atoms with Gasteiger partial charge in [0.15, 0.2) is 0 Å². The van der Waals surface area contributed by atoms with Crippen LogP contribution in [0.25, 0.3) is 41.6 Å². The van der Waals surface area contributed by atoms with Crippen molar-refractivity contribution >= 4 is 87.5 Å². The Hall–Kier alpha value is -5.45. The van der Waals surface area contributed by atoms with Gasteiger partial charge >= 0.3 is 0 Å². The molecule has 0 bridgehead atoms. The minimum absolute atomic E-state index is 0.185. The van der Waals surface area contributed by atoms with Gasteiger partial charge in [-0.15, -0.1) is 0 Å². The van der Waals surface area contributed by atoms with Crippen molar-refractivity contribution in [3.05, 3.63) is 167 Å². The number of hydrogen-bond donors (Lipinski definition) is 0. The van der Waals surface area contributed by atoms with Gasteiger partial charge in [0.1, 0.15) is 56.3 Å². The average molecular weight is 871 g/mol. The van der Waals surface area contributed by atoms with E-state index in [2.05, 4.69) is 41.3 Å². The number of rotatable bonds is 6. The summed E-state index contributed by atoms with van der Waals surface area (Å²) in [4.78, 5) is 21.0. The van der Waals surface area contributed by atoms with Crippen LogP contribution >= 0.6 is 34.3 Å². The van der Waals surface area contributed by atoms with Gasteiger partial charge in [0.25, 0.3) is 10.0 Å². The zero-order valence-corrected chi connectivity index (χ0v) is 35.2.